The van der Waals surface area contributed by atoms with Crippen LogP contribution in [0.2, 0.25) is 0 Å². The molecule has 1 aromatic carbocycles. The maximum Gasteiger partial charge on any atom is 0.191 e. The molecule has 0 saturated heterocycles. The van der Waals surface area contributed by atoms with Gasteiger partial charge in [0.2, 0.25) is 0 Å². The third-order valence-corrected chi connectivity index (χ3v) is 4.14. The van der Waals surface area contributed by atoms with E-state index >= 15 is 0 Å². The molecule has 0 aliphatic carbocycles. The van der Waals surface area contributed by atoms with E-state index in [9.17, 15) is 0 Å². The summed E-state index contributed by atoms with van der Waals surface area (Å²) in [6.45, 7) is 3.45. The van der Waals surface area contributed by atoms with E-state index in [4.69, 9.17) is 0 Å². The third kappa shape index (κ3) is 4.14. The van der Waals surface area contributed by atoms with E-state index in [1.165, 1.54) is 11.1 Å². The number of imidazole rings is 1. The number of guanidine groups is 1. The number of benzene rings is 1. The molecule has 3 rings (SSSR count). The van der Waals surface area contributed by atoms with Crippen LogP contribution in [0.5, 0.6) is 0 Å². The topological polar surface area (TPSA) is 53.7 Å². The lowest BCUT2D eigenvalue weighted by molar-refractivity contribution is 0.798. The van der Waals surface area contributed by atoms with E-state index in [0.717, 1.165) is 28.3 Å². The number of hydrogen-bond acceptors (Lipinski definition) is 2. The van der Waals surface area contributed by atoms with Gasteiger partial charge < -0.3 is 15.0 Å². The highest BCUT2D eigenvalue weighted by molar-refractivity contribution is 9.10. The van der Waals surface area contributed by atoms with Crippen molar-refractivity contribution < 1.29 is 0 Å². The van der Waals surface area contributed by atoms with Crippen LogP contribution in [0.1, 0.15) is 16.8 Å². The molecule has 0 aliphatic heterocycles. The summed E-state index contributed by atoms with van der Waals surface area (Å²) in [7, 11) is 1.77. The molecule has 0 bridgehead atoms. The van der Waals surface area contributed by atoms with Crippen molar-refractivity contribution in [2.75, 3.05) is 7.05 Å². The summed E-state index contributed by atoms with van der Waals surface area (Å²) in [5.74, 6) is 0.759. The van der Waals surface area contributed by atoms with Gasteiger partial charge >= 0.3 is 0 Å². The second-order valence-electron chi connectivity index (χ2n) is 5.61. The molecule has 0 radical (unpaired) electrons. The summed E-state index contributed by atoms with van der Waals surface area (Å²) in [6, 6.07) is 12.4. The number of aromatic nitrogens is 2. The average Bonchev–Trinajstić information content (AvgIpc) is 2.97. The van der Waals surface area contributed by atoms with Gasteiger partial charge in [-0.25, -0.2) is 4.98 Å². The number of pyridine rings is 1. The third-order valence-electron chi connectivity index (χ3n) is 3.67. The zero-order valence-electron chi connectivity index (χ0n) is 13.8. The van der Waals surface area contributed by atoms with Gasteiger partial charge in [0.05, 0.1) is 12.2 Å². The fraction of sp³-hybridized carbons (Fsp3) is 0.222. The molecule has 0 aliphatic rings. The van der Waals surface area contributed by atoms with Crippen molar-refractivity contribution in [3.8, 4) is 0 Å². The molecule has 0 saturated carbocycles. The first-order chi connectivity index (χ1) is 11.6. The van der Waals surface area contributed by atoms with Gasteiger partial charge in [0.1, 0.15) is 5.65 Å². The summed E-state index contributed by atoms with van der Waals surface area (Å²) in [6.07, 6.45) is 4.01. The summed E-state index contributed by atoms with van der Waals surface area (Å²) < 4.78 is 3.03. The number of rotatable bonds is 4. The largest absolute Gasteiger partial charge is 0.352 e. The molecule has 5 nitrogen and oxygen atoms in total. The Morgan fingerprint density at radius 1 is 1.17 bits per heavy atom. The molecule has 6 heteroatoms. The highest BCUT2D eigenvalue weighted by atomic mass is 79.9. The van der Waals surface area contributed by atoms with Gasteiger partial charge in [-0.3, -0.25) is 4.99 Å². The van der Waals surface area contributed by atoms with Crippen LogP contribution in [-0.4, -0.2) is 22.4 Å². The summed E-state index contributed by atoms with van der Waals surface area (Å²) in [4.78, 5) is 8.85. The fourth-order valence-corrected chi connectivity index (χ4v) is 2.86. The minimum Gasteiger partial charge on any atom is -0.352 e. The normalized spacial score (nSPS) is 11.7. The van der Waals surface area contributed by atoms with Crippen LogP contribution in [0.3, 0.4) is 0 Å². The summed E-state index contributed by atoms with van der Waals surface area (Å²) >= 11 is 3.47. The Balaban J connectivity index is 1.59. The molecule has 3 aromatic rings. The lowest BCUT2D eigenvalue weighted by atomic mass is 10.1. The number of aliphatic imine (C=N–C) groups is 1. The van der Waals surface area contributed by atoms with E-state index in [1.807, 2.05) is 28.9 Å². The Morgan fingerprint density at radius 3 is 2.79 bits per heavy atom. The number of hydrogen-bond donors (Lipinski definition) is 2. The Morgan fingerprint density at radius 2 is 2.00 bits per heavy atom. The van der Waals surface area contributed by atoms with Gasteiger partial charge in [0.15, 0.2) is 5.96 Å². The molecule has 2 N–H and O–H groups in total. The molecule has 24 heavy (non-hydrogen) atoms. The highest BCUT2D eigenvalue weighted by Gasteiger charge is 2.04. The maximum absolute atomic E-state index is 4.59. The van der Waals surface area contributed by atoms with Crippen LogP contribution in [0.25, 0.3) is 5.65 Å². The van der Waals surface area contributed by atoms with Gasteiger partial charge in [-0.15, -0.1) is 0 Å². The first-order valence-electron chi connectivity index (χ1n) is 7.77. The van der Waals surface area contributed by atoms with E-state index in [0.29, 0.717) is 6.54 Å². The van der Waals surface area contributed by atoms with Crippen LogP contribution < -0.4 is 10.6 Å². The Labute approximate surface area is 150 Å². The second kappa shape index (κ2) is 7.49. The monoisotopic (exact) mass is 385 g/mol. The Kier molecular flexibility index (Phi) is 5.15. The highest BCUT2D eigenvalue weighted by Crippen LogP contribution is 2.12. The first kappa shape index (κ1) is 16.5. The van der Waals surface area contributed by atoms with Crippen LogP contribution in [-0.2, 0) is 13.1 Å². The van der Waals surface area contributed by atoms with Gasteiger partial charge in [-0.05, 0) is 40.5 Å². The Bertz CT molecular complexity index is 869. The quantitative estimate of drug-likeness (QED) is 0.535. The van der Waals surface area contributed by atoms with E-state index < -0.39 is 0 Å². The Hall–Kier alpha value is -2.34. The van der Waals surface area contributed by atoms with Gasteiger partial charge in [0, 0.05) is 30.5 Å². The molecular formula is C18H20BrN5. The van der Waals surface area contributed by atoms with Crippen LogP contribution in [0, 0.1) is 6.92 Å². The van der Waals surface area contributed by atoms with E-state index in [2.05, 4.69) is 67.7 Å². The number of nitrogens with one attached hydrogen (secondary N) is 2. The predicted octanol–water partition coefficient (Wildman–Crippen LogP) is 3.27. The zero-order chi connectivity index (χ0) is 16.9. The number of fused-ring (bicyclic) bond motifs is 1. The average molecular weight is 386 g/mol. The number of aryl methyl sites for hydroxylation is 1. The van der Waals surface area contributed by atoms with Crippen molar-refractivity contribution in [3.63, 3.8) is 0 Å². The second-order valence-corrected chi connectivity index (χ2v) is 6.53. The SMILES string of the molecule is CN=C(NCc1cccc(C)c1)NCc1cn2cc(Br)ccc2n1. The molecule has 0 fully saturated rings. The van der Waals surface area contributed by atoms with Crippen molar-refractivity contribution in [2.24, 2.45) is 4.99 Å². The molecule has 0 spiro atoms. The van der Waals surface area contributed by atoms with Crippen LogP contribution in [0.4, 0.5) is 0 Å². The van der Waals surface area contributed by atoms with Gasteiger partial charge in [0.25, 0.3) is 0 Å². The van der Waals surface area contributed by atoms with Crippen molar-refractivity contribution in [1.82, 2.24) is 20.0 Å². The summed E-state index contributed by atoms with van der Waals surface area (Å²) in [5.41, 5.74) is 4.38. The molecule has 2 aromatic heterocycles. The predicted molar refractivity (Wildman–Crippen MR) is 101 cm³/mol. The zero-order valence-corrected chi connectivity index (χ0v) is 15.3. The molecule has 0 atom stereocenters. The first-order valence-corrected chi connectivity index (χ1v) is 8.56. The molecule has 2 heterocycles. The molecule has 0 unspecified atom stereocenters. The standard InChI is InChI=1S/C18H20BrN5/c1-13-4-3-5-14(8-13)9-21-18(20-2)22-10-16-12-24-11-15(19)6-7-17(24)23-16/h3-8,11-12H,9-10H2,1-2H3,(H2,20,21,22). The fourth-order valence-electron chi connectivity index (χ4n) is 2.51. The minimum atomic E-state index is 0.618. The molecule has 0 amide bonds. The van der Waals surface area contributed by atoms with Crippen molar-refractivity contribution >= 4 is 27.5 Å². The summed E-state index contributed by atoms with van der Waals surface area (Å²) in [5, 5.41) is 6.62. The smallest absolute Gasteiger partial charge is 0.191 e. The molecular weight excluding hydrogens is 366 g/mol. The van der Waals surface area contributed by atoms with Crippen molar-refractivity contribution in [3.05, 3.63) is 70.1 Å². The lowest BCUT2D eigenvalue weighted by Gasteiger charge is -2.11. The van der Waals surface area contributed by atoms with Crippen molar-refractivity contribution in [2.45, 2.75) is 20.0 Å². The van der Waals surface area contributed by atoms with Gasteiger partial charge in [-0.2, -0.15) is 0 Å². The molecule has 124 valence electrons. The van der Waals surface area contributed by atoms with E-state index in [-0.39, 0.29) is 0 Å². The number of halogens is 1. The van der Waals surface area contributed by atoms with Gasteiger partial charge in [-0.1, -0.05) is 29.8 Å². The minimum absolute atomic E-state index is 0.618. The van der Waals surface area contributed by atoms with E-state index in [1.54, 1.807) is 7.05 Å². The van der Waals surface area contributed by atoms with Crippen LogP contribution >= 0.6 is 15.9 Å². The lowest BCUT2D eigenvalue weighted by Crippen LogP contribution is -2.36. The van der Waals surface area contributed by atoms with Crippen molar-refractivity contribution in [1.29, 1.82) is 0 Å². The maximum atomic E-state index is 4.59. The number of nitrogens with zero attached hydrogens (tertiary/aromatic N) is 3. The van der Waals surface area contributed by atoms with Crippen LogP contribution in [0.15, 0.2) is 58.3 Å².